The number of phenols is 1. The summed E-state index contributed by atoms with van der Waals surface area (Å²) in [7, 11) is 2.02. The molecule has 1 fully saturated rings. The molecule has 0 spiro atoms. The van der Waals surface area contributed by atoms with E-state index >= 15 is 0 Å². The number of aromatic hydroxyl groups is 1. The molecule has 24 heavy (non-hydrogen) atoms. The van der Waals surface area contributed by atoms with E-state index in [1.54, 1.807) is 11.8 Å². The third-order valence-corrected chi connectivity index (χ3v) is 4.05. The zero-order valence-corrected chi connectivity index (χ0v) is 14.5. The summed E-state index contributed by atoms with van der Waals surface area (Å²) in [5.41, 5.74) is 2.86. The molecule has 7 nitrogen and oxygen atoms in total. The Morgan fingerprint density at radius 1 is 1.29 bits per heavy atom. The van der Waals surface area contributed by atoms with Crippen LogP contribution in [0.25, 0.3) is 0 Å². The molecule has 8 heteroatoms. The second kappa shape index (κ2) is 8.12. The van der Waals surface area contributed by atoms with Gasteiger partial charge < -0.3 is 14.9 Å². The fourth-order valence-corrected chi connectivity index (χ4v) is 2.49. The summed E-state index contributed by atoms with van der Waals surface area (Å²) in [6.07, 6.45) is 0.144. The lowest BCUT2D eigenvalue weighted by Gasteiger charge is -2.32. The van der Waals surface area contributed by atoms with Crippen molar-refractivity contribution in [2.75, 3.05) is 33.2 Å². The van der Waals surface area contributed by atoms with Gasteiger partial charge in [-0.05, 0) is 32.2 Å². The minimum atomic E-state index is -0.582. The molecule has 1 aliphatic rings. The van der Waals surface area contributed by atoms with Crippen molar-refractivity contribution >= 4 is 29.1 Å². The van der Waals surface area contributed by atoms with E-state index in [-0.39, 0.29) is 23.6 Å². The fraction of sp³-hybridized carbons (Fsp3) is 0.438. The number of amides is 2. The molecule has 0 aliphatic carbocycles. The van der Waals surface area contributed by atoms with Gasteiger partial charge in [0.25, 0.3) is 5.91 Å². The summed E-state index contributed by atoms with van der Waals surface area (Å²) in [5, 5.41) is 13.9. The summed E-state index contributed by atoms with van der Waals surface area (Å²) in [4.78, 5) is 28.2. The molecule has 0 radical (unpaired) electrons. The molecule has 0 atom stereocenters. The number of benzene rings is 1. The SMILES string of the molecule is CC(CC(=O)N1CCN(C)CC1)=NNC(=O)c1cc(Cl)ccc1O. The first-order valence-corrected chi connectivity index (χ1v) is 8.03. The van der Waals surface area contributed by atoms with E-state index in [2.05, 4.69) is 15.4 Å². The van der Waals surface area contributed by atoms with E-state index in [4.69, 9.17) is 11.6 Å². The van der Waals surface area contributed by atoms with E-state index in [0.717, 1.165) is 13.1 Å². The van der Waals surface area contributed by atoms with Crippen LogP contribution in [0.3, 0.4) is 0 Å². The Bertz CT molecular complexity index is 655. The van der Waals surface area contributed by atoms with Crippen LogP contribution in [0, 0.1) is 0 Å². The maximum Gasteiger partial charge on any atom is 0.275 e. The van der Waals surface area contributed by atoms with Crippen LogP contribution >= 0.6 is 11.6 Å². The van der Waals surface area contributed by atoms with Crippen LogP contribution in [-0.2, 0) is 4.79 Å². The highest BCUT2D eigenvalue weighted by Crippen LogP contribution is 2.21. The van der Waals surface area contributed by atoms with Crippen LogP contribution in [0.1, 0.15) is 23.7 Å². The lowest BCUT2D eigenvalue weighted by molar-refractivity contribution is -0.131. The molecule has 1 heterocycles. The van der Waals surface area contributed by atoms with Crippen molar-refractivity contribution in [3.05, 3.63) is 28.8 Å². The molecular weight excluding hydrogens is 332 g/mol. The van der Waals surface area contributed by atoms with Gasteiger partial charge in [-0.1, -0.05) is 11.6 Å². The van der Waals surface area contributed by atoms with Crippen LogP contribution in [0.15, 0.2) is 23.3 Å². The van der Waals surface area contributed by atoms with Gasteiger partial charge in [0, 0.05) is 36.9 Å². The third-order valence-electron chi connectivity index (χ3n) is 3.81. The van der Waals surface area contributed by atoms with Gasteiger partial charge in [0.2, 0.25) is 5.91 Å². The van der Waals surface area contributed by atoms with Gasteiger partial charge in [-0.3, -0.25) is 9.59 Å². The molecule has 2 rings (SSSR count). The molecule has 2 N–H and O–H groups in total. The van der Waals surface area contributed by atoms with Crippen LogP contribution < -0.4 is 5.43 Å². The maximum atomic E-state index is 12.2. The predicted octanol–water partition coefficient (Wildman–Crippen LogP) is 1.32. The Hall–Kier alpha value is -2.12. The van der Waals surface area contributed by atoms with Gasteiger partial charge in [0.05, 0.1) is 12.0 Å². The van der Waals surface area contributed by atoms with Crippen molar-refractivity contribution in [2.24, 2.45) is 5.10 Å². The average Bonchev–Trinajstić information content (AvgIpc) is 2.55. The van der Waals surface area contributed by atoms with Crippen molar-refractivity contribution in [3.8, 4) is 5.75 Å². The number of carbonyl (C=O) groups excluding carboxylic acids is 2. The van der Waals surface area contributed by atoms with Gasteiger partial charge in [-0.25, -0.2) is 5.43 Å². The number of likely N-dealkylation sites (N-methyl/N-ethyl adjacent to an activating group) is 1. The fourth-order valence-electron chi connectivity index (χ4n) is 2.32. The van der Waals surface area contributed by atoms with Crippen molar-refractivity contribution in [3.63, 3.8) is 0 Å². The van der Waals surface area contributed by atoms with Crippen LogP contribution in [0.5, 0.6) is 5.75 Å². The van der Waals surface area contributed by atoms with E-state index in [1.807, 2.05) is 7.05 Å². The van der Waals surface area contributed by atoms with E-state index in [9.17, 15) is 14.7 Å². The van der Waals surface area contributed by atoms with E-state index in [1.165, 1.54) is 18.2 Å². The molecule has 1 aromatic carbocycles. The van der Waals surface area contributed by atoms with Gasteiger partial charge in [-0.2, -0.15) is 5.10 Å². The van der Waals surface area contributed by atoms with Crippen LogP contribution in [0.4, 0.5) is 0 Å². The Morgan fingerprint density at radius 2 is 1.96 bits per heavy atom. The van der Waals surface area contributed by atoms with Crippen LogP contribution in [0.2, 0.25) is 5.02 Å². The van der Waals surface area contributed by atoms with Gasteiger partial charge in [0.15, 0.2) is 0 Å². The van der Waals surface area contributed by atoms with Gasteiger partial charge in [-0.15, -0.1) is 0 Å². The van der Waals surface area contributed by atoms with Crippen molar-refractivity contribution in [1.29, 1.82) is 0 Å². The minimum Gasteiger partial charge on any atom is -0.507 e. The number of carbonyl (C=O) groups is 2. The minimum absolute atomic E-state index is 0.01000. The largest absolute Gasteiger partial charge is 0.507 e. The number of piperazine rings is 1. The predicted molar refractivity (Wildman–Crippen MR) is 92.4 cm³/mol. The monoisotopic (exact) mass is 352 g/mol. The Kier molecular flexibility index (Phi) is 6.16. The summed E-state index contributed by atoms with van der Waals surface area (Å²) in [6.45, 7) is 4.78. The van der Waals surface area contributed by atoms with Crippen molar-refractivity contribution < 1.29 is 14.7 Å². The molecule has 0 bridgehead atoms. The summed E-state index contributed by atoms with van der Waals surface area (Å²) < 4.78 is 0. The van der Waals surface area contributed by atoms with Crippen molar-refractivity contribution in [1.82, 2.24) is 15.2 Å². The highest BCUT2D eigenvalue weighted by Gasteiger charge is 2.19. The topological polar surface area (TPSA) is 85.2 Å². The van der Waals surface area contributed by atoms with Gasteiger partial charge in [0.1, 0.15) is 5.75 Å². The zero-order chi connectivity index (χ0) is 17.7. The average molecular weight is 353 g/mol. The maximum absolute atomic E-state index is 12.2. The number of rotatable bonds is 4. The number of hydrogen-bond acceptors (Lipinski definition) is 5. The molecule has 1 aliphatic heterocycles. The quantitative estimate of drug-likeness (QED) is 0.632. The summed E-state index contributed by atoms with van der Waals surface area (Å²) >= 11 is 5.81. The first-order chi connectivity index (χ1) is 11.4. The zero-order valence-electron chi connectivity index (χ0n) is 13.8. The second-order valence-electron chi connectivity index (χ2n) is 5.81. The number of nitrogens with one attached hydrogen (secondary N) is 1. The molecule has 0 saturated carbocycles. The van der Waals surface area contributed by atoms with E-state index < -0.39 is 5.91 Å². The van der Waals surface area contributed by atoms with Crippen LogP contribution in [-0.4, -0.2) is 65.7 Å². The molecule has 1 aromatic rings. The second-order valence-corrected chi connectivity index (χ2v) is 6.25. The lowest BCUT2D eigenvalue weighted by atomic mass is 10.2. The molecule has 0 aromatic heterocycles. The highest BCUT2D eigenvalue weighted by atomic mass is 35.5. The highest BCUT2D eigenvalue weighted by molar-refractivity contribution is 6.31. The first-order valence-electron chi connectivity index (χ1n) is 7.65. The summed E-state index contributed by atoms with van der Waals surface area (Å²) in [5.74, 6) is -0.774. The third kappa shape index (κ3) is 4.94. The Labute approximate surface area is 145 Å². The number of hydrogen-bond donors (Lipinski definition) is 2. The number of nitrogens with zero attached hydrogens (tertiary/aromatic N) is 3. The molecule has 0 unspecified atom stereocenters. The van der Waals surface area contributed by atoms with Gasteiger partial charge >= 0.3 is 0 Å². The smallest absolute Gasteiger partial charge is 0.275 e. The Morgan fingerprint density at radius 3 is 2.62 bits per heavy atom. The molecular formula is C16H21ClN4O3. The summed E-state index contributed by atoms with van der Waals surface area (Å²) in [6, 6.07) is 4.17. The van der Waals surface area contributed by atoms with E-state index in [0.29, 0.717) is 23.8 Å². The first kappa shape index (κ1) is 18.2. The molecule has 2 amide bonds. The van der Waals surface area contributed by atoms with Crippen molar-refractivity contribution in [2.45, 2.75) is 13.3 Å². The molecule has 1 saturated heterocycles. The number of hydrazone groups is 1. The number of halogens is 1. The normalized spacial score (nSPS) is 16.1. The standard InChI is InChI=1S/C16H21ClN4O3/c1-11(9-15(23)21-7-5-20(2)6-8-21)18-19-16(24)13-10-12(17)3-4-14(13)22/h3-4,10,22H,5-9H2,1-2H3,(H,19,24). The lowest BCUT2D eigenvalue weighted by Crippen LogP contribution is -2.47. The molecule has 130 valence electrons. The Balaban J connectivity index is 1.90. The number of phenolic OH excluding ortho intramolecular Hbond substituents is 1.